The number of halogens is 1. The maximum atomic E-state index is 13.2. The van der Waals surface area contributed by atoms with E-state index in [1.165, 1.54) is 23.5 Å². The van der Waals surface area contributed by atoms with Crippen molar-refractivity contribution in [2.75, 3.05) is 6.61 Å². The Kier molecular flexibility index (Phi) is 6.73. The van der Waals surface area contributed by atoms with Gasteiger partial charge < -0.3 is 10.1 Å². The molecule has 1 N–H and O–H groups in total. The van der Waals surface area contributed by atoms with Gasteiger partial charge in [-0.3, -0.25) is 9.59 Å². The number of hydrogen-bond donors (Lipinski definition) is 1. The van der Waals surface area contributed by atoms with Crippen molar-refractivity contribution < 1.29 is 18.7 Å². The van der Waals surface area contributed by atoms with Crippen LogP contribution in [0.5, 0.6) is 0 Å². The van der Waals surface area contributed by atoms with E-state index in [0.717, 1.165) is 15.3 Å². The second kappa shape index (κ2) is 9.43. The lowest BCUT2D eigenvalue weighted by Gasteiger charge is -2.18. The highest BCUT2D eigenvalue weighted by Gasteiger charge is 2.19. The third-order valence-electron chi connectivity index (χ3n) is 3.86. The molecule has 1 aromatic carbocycles. The summed E-state index contributed by atoms with van der Waals surface area (Å²) < 4.78 is 18.3. The number of carbonyl (C=O) groups is 2. The van der Waals surface area contributed by atoms with Gasteiger partial charge >= 0.3 is 5.97 Å². The van der Waals surface area contributed by atoms with Crippen molar-refractivity contribution in [1.82, 2.24) is 5.32 Å². The quantitative estimate of drug-likeness (QED) is 0.570. The SMILES string of the molecule is O=C(COC(=O)CCc1cccs1)N[C@@H](c1ccc(F)cc1)c1cccs1. The highest BCUT2D eigenvalue weighted by atomic mass is 32.1. The van der Waals surface area contributed by atoms with E-state index >= 15 is 0 Å². The topological polar surface area (TPSA) is 55.4 Å². The molecule has 140 valence electrons. The third-order valence-corrected chi connectivity index (χ3v) is 5.73. The lowest BCUT2D eigenvalue weighted by molar-refractivity contribution is -0.148. The van der Waals surface area contributed by atoms with Crippen molar-refractivity contribution in [1.29, 1.82) is 0 Å². The van der Waals surface area contributed by atoms with Gasteiger partial charge in [0.25, 0.3) is 5.91 Å². The normalized spacial score (nSPS) is 11.7. The van der Waals surface area contributed by atoms with Gasteiger partial charge in [0, 0.05) is 9.75 Å². The molecule has 3 rings (SSSR count). The molecule has 0 saturated heterocycles. The van der Waals surface area contributed by atoms with Crippen LogP contribution in [-0.4, -0.2) is 18.5 Å². The van der Waals surface area contributed by atoms with Crippen molar-refractivity contribution >= 4 is 34.6 Å². The third kappa shape index (κ3) is 5.74. The maximum Gasteiger partial charge on any atom is 0.306 e. The van der Waals surface area contributed by atoms with Crippen LogP contribution in [-0.2, 0) is 20.7 Å². The van der Waals surface area contributed by atoms with Crippen LogP contribution in [0.1, 0.15) is 27.8 Å². The Labute approximate surface area is 164 Å². The number of nitrogens with one attached hydrogen (secondary N) is 1. The van der Waals surface area contributed by atoms with Crippen LogP contribution in [0.2, 0.25) is 0 Å². The second-order valence-electron chi connectivity index (χ2n) is 5.81. The summed E-state index contributed by atoms with van der Waals surface area (Å²) in [5.41, 5.74) is 0.760. The molecule has 0 fully saturated rings. The van der Waals surface area contributed by atoms with Crippen LogP contribution in [0.4, 0.5) is 4.39 Å². The summed E-state index contributed by atoms with van der Waals surface area (Å²) in [5.74, 6) is -1.15. The van der Waals surface area contributed by atoms with Gasteiger partial charge in [-0.1, -0.05) is 24.3 Å². The first-order valence-corrected chi connectivity index (χ1v) is 10.1. The van der Waals surface area contributed by atoms with Gasteiger partial charge in [-0.25, -0.2) is 4.39 Å². The van der Waals surface area contributed by atoms with E-state index in [-0.39, 0.29) is 18.8 Å². The van der Waals surface area contributed by atoms with Crippen molar-refractivity contribution in [3.05, 3.63) is 80.4 Å². The van der Waals surface area contributed by atoms with Crippen LogP contribution >= 0.6 is 22.7 Å². The Morgan fingerprint density at radius 2 is 1.78 bits per heavy atom. The van der Waals surface area contributed by atoms with Crippen molar-refractivity contribution in [2.45, 2.75) is 18.9 Å². The summed E-state index contributed by atoms with van der Waals surface area (Å²) in [4.78, 5) is 26.1. The molecule has 0 saturated carbocycles. The summed E-state index contributed by atoms with van der Waals surface area (Å²) in [7, 11) is 0. The first-order valence-electron chi connectivity index (χ1n) is 8.38. The minimum absolute atomic E-state index is 0.236. The van der Waals surface area contributed by atoms with Gasteiger partial charge in [0.2, 0.25) is 0 Å². The zero-order valence-electron chi connectivity index (χ0n) is 14.4. The minimum atomic E-state index is -0.414. The van der Waals surface area contributed by atoms with Gasteiger partial charge in [-0.05, 0) is 47.0 Å². The number of hydrogen-bond acceptors (Lipinski definition) is 5. The van der Waals surface area contributed by atoms with E-state index < -0.39 is 17.9 Å². The molecule has 2 heterocycles. The van der Waals surface area contributed by atoms with Gasteiger partial charge in [-0.2, -0.15) is 0 Å². The molecular formula is C20H18FNO3S2. The van der Waals surface area contributed by atoms with E-state index in [1.54, 1.807) is 23.5 Å². The summed E-state index contributed by atoms with van der Waals surface area (Å²) in [6.45, 7) is -0.341. The van der Waals surface area contributed by atoms with Crippen LogP contribution < -0.4 is 5.32 Å². The number of amides is 1. The highest BCUT2D eigenvalue weighted by Crippen LogP contribution is 2.26. The lowest BCUT2D eigenvalue weighted by atomic mass is 10.1. The Balaban J connectivity index is 1.54. The van der Waals surface area contributed by atoms with E-state index in [4.69, 9.17) is 4.74 Å². The fourth-order valence-corrected chi connectivity index (χ4v) is 4.04. The Hall–Kier alpha value is -2.51. The maximum absolute atomic E-state index is 13.2. The number of aryl methyl sites for hydroxylation is 1. The molecule has 1 atom stereocenters. The first kappa shape index (κ1) is 19.3. The standard InChI is InChI=1S/C20H18FNO3S2/c21-15-7-5-14(6-8-15)20(17-4-2-12-27-17)22-18(23)13-25-19(24)10-9-16-3-1-11-26-16/h1-8,11-12,20H,9-10,13H2,(H,22,23)/t20-/m0/s1. The molecule has 0 radical (unpaired) electrons. The van der Waals surface area contributed by atoms with Crippen molar-refractivity contribution in [3.8, 4) is 0 Å². The predicted molar refractivity (Wildman–Crippen MR) is 104 cm³/mol. The average Bonchev–Trinajstić information content (AvgIpc) is 3.37. The Bertz CT molecular complexity index is 861. The van der Waals surface area contributed by atoms with E-state index in [0.29, 0.717) is 6.42 Å². The zero-order chi connectivity index (χ0) is 19.1. The average molecular weight is 404 g/mol. The minimum Gasteiger partial charge on any atom is -0.456 e. The predicted octanol–water partition coefficient (Wildman–Crippen LogP) is 4.33. The van der Waals surface area contributed by atoms with Crippen LogP contribution in [0.3, 0.4) is 0 Å². The molecular weight excluding hydrogens is 385 g/mol. The smallest absolute Gasteiger partial charge is 0.306 e. The van der Waals surface area contributed by atoms with E-state index in [2.05, 4.69) is 5.32 Å². The molecule has 27 heavy (non-hydrogen) atoms. The number of ether oxygens (including phenoxy) is 1. The van der Waals surface area contributed by atoms with E-state index in [1.807, 2.05) is 35.0 Å². The molecule has 2 aromatic heterocycles. The van der Waals surface area contributed by atoms with Crippen LogP contribution in [0, 0.1) is 5.82 Å². The largest absolute Gasteiger partial charge is 0.456 e. The van der Waals surface area contributed by atoms with Crippen molar-refractivity contribution in [2.24, 2.45) is 0 Å². The summed E-state index contributed by atoms with van der Waals surface area (Å²) in [6.07, 6.45) is 0.839. The zero-order valence-corrected chi connectivity index (χ0v) is 16.0. The molecule has 0 unspecified atom stereocenters. The van der Waals surface area contributed by atoms with E-state index in [9.17, 15) is 14.0 Å². The molecule has 3 aromatic rings. The molecule has 0 aliphatic rings. The van der Waals surface area contributed by atoms with Gasteiger partial charge in [0.15, 0.2) is 6.61 Å². The molecule has 4 nitrogen and oxygen atoms in total. The second-order valence-corrected chi connectivity index (χ2v) is 7.82. The molecule has 7 heteroatoms. The highest BCUT2D eigenvalue weighted by molar-refractivity contribution is 7.10. The van der Waals surface area contributed by atoms with Gasteiger partial charge in [-0.15, -0.1) is 22.7 Å². The van der Waals surface area contributed by atoms with Gasteiger partial charge in [0.05, 0.1) is 12.5 Å². The monoisotopic (exact) mass is 403 g/mol. The molecule has 0 spiro atoms. The molecule has 0 aliphatic heterocycles. The Morgan fingerprint density at radius 1 is 1.04 bits per heavy atom. The summed E-state index contributed by atoms with van der Waals surface area (Å²) in [6, 6.07) is 13.2. The van der Waals surface area contributed by atoms with Crippen LogP contribution in [0.25, 0.3) is 0 Å². The summed E-state index contributed by atoms with van der Waals surface area (Å²) in [5, 5.41) is 6.71. The number of thiophene rings is 2. The Morgan fingerprint density at radius 3 is 2.44 bits per heavy atom. The first-order chi connectivity index (χ1) is 13.1. The lowest BCUT2D eigenvalue weighted by Crippen LogP contribution is -2.32. The molecule has 1 amide bonds. The van der Waals surface area contributed by atoms with Crippen LogP contribution in [0.15, 0.2) is 59.3 Å². The number of rotatable bonds is 8. The number of esters is 1. The fourth-order valence-electron chi connectivity index (χ4n) is 2.53. The molecule has 0 bridgehead atoms. The fraction of sp³-hybridized carbons (Fsp3) is 0.200. The number of benzene rings is 1. The number of carbonyl (C=O) groups excluding carboxylic acids is 2. The molecule has 0 aliphatic carbocycles. The van der Waals surface area contributed by atoms with Crippen molar-refractivity contribution in [3.63, 3.8) is 0 Å². The summed E-state index contributed by atoms with van der Waals surface area (Å²) >= 11 is 3.07. The van der Waals surface area contributed by atoms with Gasteiger partial charge in [0.1, 0.15) is 5.82 Å².